The predicted octanol–water partition coefficient (Wildman–Crippen LogP) is 2.49. The van der Waals surface area contributed by atoms with Crippen LogP contribution in [0.25, 0.3) is 0 Å². The molecule has 3 atom stereocenters. The Morgan fingerprint density at radius 1 is 1.50 bits per heavy atom. The Balaban J connectivity index is 1.90. The molecule has 0 aromatic carbocycles. The second-order valence-corrected chi connectivity index (χ2v) is 6.54. The van der Waals surface area contributed by atoms with Crippen LogP contribution in [0.2, 0.25) is 0 Å². The molecule has 0 aromatic rings. The maximum Gasteiger partial charge on any atom is 0.137 e. The van der Waals surface area contributed by atoms with E-state index in [1.165, 1.54) is 6.42 Å². The lowest BCUT2D eigenvalue weighted by Gasteiger charge is -2.41. The van der Waals surface area contributed by atoms with Crippen LogP contribution < -0.4 is 0 Å². The van der Waals surface area contributed by atoms with Gasteiger partial charge in [0.15, 0.2) is 0 Å². The molecule has 2 fully saturated rings. The molecule has 0 radical (unpaired) electrons. The molecule has 3 heteroatoms. The molecule has 0 aromatic heterocycles. The number of carbonyl (C=O) groups is 1. The predicted molar refractivity (Wildman–Crippen MR) is 72.6 cm³/mol. The first kappa shape index (κ1) is 14.0. The zero-order chi connectivity index (χ0) is 13.2. The minimum atomic E-state index is -0.0123. The van der Waals surface area contributed by atoms with Gasteiger partial charge in [0.25, 0.3) is 0 Å². The summed E-state index contributed by atoms with van der Waals surface area (Å²) in [7, 11) is 1.80. The topological polar surface area (TPSA) is 29.5 Å². The molecule has 3 unspecified atom stereocenters. The van der Waals surface area contributed by atoms with Crippen molar-refractivity contribution in [1.82, 2.24) is 4.90 Å². The van der Waals surface area contributed by atoms with Crippen molar-refractivity contribution in [2.75, 3.05) is 26.7 Å². The zero-order valence-electron chi connectivity index (χ0n) is 12.1. The van der Waals surface area contributed by atoms with E-state index in [9.17, 15) is 4.79 Å². The first-order chi connectivity index (χ1) is 8.52. The number of Topliss-reactive ketones (excluding diaryl/α,β-unsaturated/α-hetero) is 1. The van der Waals surface area contributed by atoms with Crippen LogP contribution >= 0.6 is 0 Å². The van der Waals surface area contributed by atoms with Crippen molar-refractivity contribution in [3.63, 3.8) is 0 Å². The van der Waals surface area contributed by atoms with Crippen molar-refractivity contribution in [1.29, 1.82) is 0 Å². The van der Waals surface area contributed by atoms with Crippen LogP contribution in [0.1, 0.15) is 46.0 Å². The molecule has 1 heterocycles. The van der Waals surface area contributed by atoms with E-state index in [-0.39, 0.29) is 11.5 Å². The zero-order valence-corrected chi connectivity index (χ0v) is 12.1. The molecule has 0 spiro atoms. The van der Waals surface area contributed by atoms with Gasteiger partial charge < -0.3 is 4.74 Å². The fraction of sp³-hybridized carbons (Fsp3) is 0.933. The number of piperidine rings is 1. The summed E-state index contributed by atoms with van der Waals surface area (Å²) in [6.45, 7) is 7.50. The van der Waals surface area contributed by atoms with Gasteiger partial charge in [0.2, 0.25) is 0 Å². The van der Waals surface area contributed by atoms with E-state index >= 15 is 0 Å². The Labute approximate surface area is 111 Å². The number of likely N-dealkylation sites (tertiary alicyclic amines) is 1. The lowest BCUT2D eigenvalue weighted by atomic mass is 9.80. The summed E-state index contributed by atoms with van der Waals surface area (Å²) in [5, 5.41) is 0. The van der Waals surface area contributed by atoms with Crippen LogP contribution in [-0.4, -0.2) is 43.0 Å². The lowest BCUT2D eigenvalue weighted by molar-refractivity contribution is -0.127. The maximum atomic E-state index is 12.0. The quantitative estimate of drug-likeness (QED) is 0.774. The first-order valence-corrected chi connectivity index (χ1v) is 7.32. The van der Waals surface area contributed by atoms with E-state index in [4.69, 9.17) is 4.74 Å². The molecular formula is C15H27NO2. The van der Waals surface area contributed by atoms with Gasteiger partial charge in [0.1, 0.15) is 5.78 Å². The first-order valence-electron chi connectivity index (χ1n) is 7.32. The Morgan fingerprint density at radius 2 is 2.28 bits per heavy atom. The van der Waals surface area contributed by atoms with Gasteiger partial charge in [-0.1, -0.05) is 6.92 Å². The average Bonchev–Trinajstić information content (AvgIpc) is 2.34. The molecule has 18 heavy (non-hydrogen) atoms. The van der Waals surface area contributed by atoms with Gasteiger partial charge in [-0.2, -0.15) is 0 Å². The minimum Gasteiger partial charge on any atom is -0.377 e. The lowest BCUT2D eigenvalue weighted by Crippen LogP contribution is -2.49. The summed E-state index contributed by atoms with van der Waals surface area (Å²) in [5.74, 6) is 1.47. The molecule has 2 rings (SSSR count). The van der Waals surface area contributed by atoms with Crippen LogP contribution in [-0.2, 0) is 9.53 Å². The minimum absolute atomic E-state index is 0.0123. The third-order valence-corrected chi connectivity index (χ3v) is 4.74. The van der Waals surface area contributed by atoms with Crippen molar-refractivity contribution in [3.8, 4) is 0 Å². The molecule has 104 valence electrons. The van der Waals surface area contributed by atoms with E-state index in [1.807, 2.05) is 0 Å². The number of nitrogens with zero attached hydrogens (tertiary/aromatic N) is 1. The van der Waals surface area contributed by atoms with Crippen LogP contribution in [0.5, 0.6) is 0 Å². The number of ketones is 1. The molecule has 1 aliphatic heterocycles. The molecule has 0 N–H and O–H groups in total. The highest BCUT2D eigenvalue weighted by atomic mass is 16.5. The largest absolute Gasteiger partial charge is 0.377 e. The third kappa shape index (κ3) is 3.33. The molecule has 1 saturated carbocycles. The van der Waals surface area contributed by atoms with Gasteiger partial charge in [-0.25, -0.2) is 0 Å². The van der Waals surface area contributed by atoms with Crippen molar-refractivity contribution in [2.24, 2.45) is 11.8 Å². The number of carbonyl (C=O) groups excluding carboxylic acids is 1. The van der Waals surface area contributed by atoms with Gasteiger partial charge >= 0.3 is 0 Å². The normalized spacial score (nSPS) is 38.9. The van der Waals surface area contributed by atoms with Crippen molar-refractivity contribution in [3.05, 3.63) is 0 Å². The summed E-state index contributed by atoms with van der Waals surface area (Å²) < 4.78 is 5.62. The van der Waals surface area contributed by atoms with E-state index in [0.717, 1.165) is 45.3 Å². The van der Waals surface area contributed by atoms with Gasteiger partial charge in [-0.15, -0.1) is 0 Å². The highest BCUT2D eigenvalue weighted by Gasteiger charge is 2.34. The molecule has 1 aliphatic carbocycles. The van der Waals surface area contributed by atoms with E-state index in [2.05, 4.69) is 18.7 Å². The molecule has 2 aliphatic rings. The van der Waals surface area contributed by atoms with Crippen LogP contribution in [0, 0.1) is 11.8 Å². The third-order valence-electron chi connectivity index (χ3n) is 4.74. The van der Waals surface area contributed by atoms with E-state index in [0.29, 0.717) is 11.7 Å². The van der Waals surface area contributed by atoms with E-state index < -0.39 is 0 Å². The summed E-state index contributed by atoms with van der Waals surface area (Å²) >= 11 is 0. The maximum absolute atomic E-state index is 12.0. The van der Waals surface area contributed by atoms with Gasteiger partial charge in [-0.3, -0.25) is 9.69 Å². The van der Waals surface area contributed by atoms with E-state index in [1.54, 1.807) is 7.11 Å². The number of ether oxygens (including phenoxy) is 1. The smallest absolute Gasteiger partial charge is 0.137 e. The summed E-state index contributed by atoms with van der Waals surface area (Å²) in [6.07, 6.45) is 5.28. The summed E-state index contributed by atoms with van der Waals surface area (Å²) in [6, 6.07) is 0. The monoisotopic (exact) mass is 253 g/mol. The molecule has 3 nitrogen and oxygen atoms in total. The second kappa shape index (κ2) is 5.70. The number of hydrogen-bond donors (Lipinski definition) is 0. The second-order valence-electron chi connectivity index (χ2n) is 6.54. The summed E-state index contributed by atoms with van der Waals surface area (Å²) in [4.78, 5) is 14.4. The Bertz CT molecular complexity index is 305. The molecule has 0 bridgehead atoms. The molecule has 0 amide bonds. The highest BCUT2D eigenvalue weighted by molar-refractivity contribution is 5.81. The average molecular weight is 253 g/mol. The Hall–Kier alpha value is -0.410. The van der Waals surface area contributed by atoms with Gasteiger partial charge in [-0.05, 0) is 45.1 Å². The standard InChI is InChI=1S/C15H27NO2/c1-12-5-6-14(17)13(9-12)10-16-8-4-7-15(2,11-16)18-3/h12-13H,4-11H2,1-3H3. The van der Waals surface area contributed by atoms with Crippen molar-refractivity contribution in [2.45, 2.75) is 51.6 Å². The van der Waals surface area contributed by atoms with Gasteiger partial charge in [0.05, 0.1) is 5.60 Å². The molecular weight excluding hydrogens is 226 g/mol. The number of hydrogen-bond acceptors (Lipinski definition) is 3. The number of rotatable bonds is 3. The SMILES string of the molecule is COC1(C)CCCN(CC2CC(C)CCC2=O)C1. The highest BCUT2D eigenvalue weighted by Crippen LogP contribution is 2.29. The fourth-order valence-electron chi connectivity index (χ4n) is 3.45. The molecule has 1 saturated heterocycles. The Morgan fingerprint density at radius 3 is 3.00 bits per heavy atom. The summed E-state index contributed by atoms with van der Waals surface area (Å²) in [5.41, 5.74) is -0.0123. The van der Waals surface area contributed by atoms with Crippen LogP contribution in [0.4, 0.5) is 0 Å². The number of methoxy groups -OCH3 is 1. The fourth-order valence-corrected chi connectivity index (χ4v) is 3.45. The Kier molecular flexibility index (Phi) is 4.44. The van der Waals surface area contributed by atoms with Crippen LogP contribution in [0.15, 0.2) is 0 Å². The van der Waals surface area contributed by atoms with Crippen LogP contribution in [0.3, 0.4) is 0 Å². The van der Waals surface area contributed by atoms with Gasteiger partial charge in [0, 0.05) is 32.5 Å². The van der Waals surface area contributed by atoms with Crippen molar-refractivity contribution < 1.29 is 9.53 Å². The van der Waals surface area contributed by atoms with Crippen molar-refractivity contribution >= 4 is 5.78 Å².